The molecular weight excluding hydrogens is 219 g/mol. The molecule has 88 valence electrons. The molecule has 0 bridgehead atoms. The highest BCUT2D eigenvalue weighted by Gasteiger charge is 2.26. The second-order valence-corrected chi connectivity index (χ2v) is 3.56. The van der Waals surface area contributed by atoms with Gasteiger partial charge in [-0.1, -0.05) is 6.07 Å². The van der Waals surface area contributed by atoms with Crippen LogP contribution in [-0.2, 0) is 0 Å². The van der Waals surface area contributed by atoms with Crippen LogP contribution in [-0.4, -0.2) is 16.9 Å². The number of alkyl halides is 3. The Morgan fingerprint density at radius 3 is 2.69 bits per heavy atom. The van der Waals surface area contributed by atoms with Crippen molar-refractivity contribution >= 4 is 5.78 Å². The van der Waals surface area contributed by atoms with E-state index in [4.69, 9.17) is 0 Å². The first kappa shape index (κ1) is 12.7. The number of ketones is 1. The molecule has 2 nitrogen and oxygen atoms in total. The average molecular weight is 231 g/mol. The van der Waals surface area contributed by atoms with Crippen LogP contribution in [0.15, 0.2) is 18.3 Å². The van der Waals surface area contributed by atoms with Crippen LogP contribution in [0, 0.1) is 6.92 Å². The highest BCUT2D eigenvalue weighted by molar-refractivity contribution is 5.95. The van der Waals surface area contributed by atoms with Crippen LogP contribution in [0.3, 0.4) is 0 Å². The number of aromatic nitrogens is 1. The molecule has 0 fully saturated rings. The standard InChI is InChI=1S/C11H12F3NO/c1-8-4-3-7-15-10(8)9(16)5-2-6-11(12,13)14/h3-4,7H,2,5-6H2,1H3. The first-order chi connectivity index (χ1) is 7.40. The van der Waals surface area contributed by atoms with Gasteiger partial charge in [0.1, 0.15) is 5.69 Å². The zero-order chi connectivity index (χ0) is 12.2. The van der Waals surface area contributed by atoms with Gasteiger partial charge in [0.05, 0.1) is 0 Å². The van der Waals surface area contributed by atoms with E-state index in [1.807, 2.05) is 0 Å². The summed E-state index contributed by atoms with van der Waals surface area (Å²) in [6.07, 6.45) is -3.95. The number of hydrogen-bond donors (Lipinski definition) is 0. The van der Waals surface area contributed by atoms with Gasteiger partial charge in [-0.3, -0.25) is 9.78 Å². The molecule has 0 saturated carbocycles. The molecule has 0 aliphatic carbocycles. The maximum absolute atomic E-state index is 11.9. The fourth-order valence-corrected chi connectivity index (χ4v) is 1.35. The average Bonchev–Trinajstić information content (AvgIpc) is 2.16. The van der Waals surface area contributed by atoms with Crippen LogP contribution in [0.5, 0.6) is 0 Å². The van der Waals surface area contributed by atoms with Crippen molar-refractivity contribution in [3.63, 3.8) is 0 Å². The molecule has 16 heavy (non-hydrogen) atoms. The molecule has 0 spiro atoms. The number of pyridine rings is 1. The Hall–Kier alpha value is -1.39. The van der Waals surface area contributed by atoms with Gasteiger partial charge >= 0.3 is 6.18 Å². The quantitative estimate of drug-likeness (QED) is 0.744. The summed E-state index contributed by atoms with van der Waals surface area (Å²) in [5.41, 5.74) is 0.962. The van der Waals surface area contributed by atoms with E-state index in [1.165, 1.54) is 6.20 Å². The molecule has 0 atom stereocenters. The van der Waals surface area contributed by atoms with Crippen molar-refractivity contribution in [3.8, 4) is 0 Å². The van der Waals surface area contributed by atoms with Crippen molar-refractivity contribution in [2.45, 2.75) is 32.4 Å². The van der Waals surface area contributed by atoms with Crippen LogP contribution in [0.25, 0.3) is 0 Å². The van der Waals surface area contributed by atoms with Crippen LogP contribution in [0.1, 0.15) is 35.3 Å². The molecule has 0 saturated heterocycles. The number of carbonyl (C=O) groups excluding carboxylic acids is 1. The summed E-state index contributed by atoms with van der Waals surface area (Å²) in [6.45, 7) is 1.71. The van der Waals surface area contributed by atoms with E-state index in [-0.39, 0.29) is 24.3 Å². The lowest BCUT2D eigenvalue weighted by molar-refractivity contribution is -0.135. The number of rotatable bonds is 4. The monoisotopic (exact) mass is 231 g/mol. The Balaban J connectivity index is 2.51. The molecule has 0 aliphatic rings. The number of nitrogens with zero attached hydrogens (tertiary/aromatic N) is 1. The molecule has 0 aromatic carbocycles. The summed E-state index contributed by atoms with van der Waals surface area (Å²) < 4.78 is 35.6. The van der Waals surface area contributed by atoms with Crippen LogP contribution >= 0.6 is 0 Å². The number of halogens is 3. The van der Waals surface area contributed by atoms with Gasteiger partial charge in [-0.25, -0.2) is 0 Å². The minimum absolute atomic E-state index is 0.114. The lowest BCUT2D eigenvalue weighted by Crippen LogP contribution is -2.10. The Labute approximate surface area is 91.5 Å². The highest BCUT2D eigenvalue weighted by atomic mass is 19.4. The van der Waals surface area contributed by atoms with E-state index in [9.17, 15) is 18.0 Å². The van der Waals surface area contributed by atoms with Gasteiger partial charge in [0.15, 0.2) is 5.78 Å². The minimum atomic E-state index is -4.19. The summed E-state index contributed by atoms with van der Waals surface area (Å²) in [4.78, 5) is 15.4. The third-order valence-corrected chi connectivity index (χ3v) is 2.14. The van der Waals surface area contributed by atoms with E-state index >= 15 is 0 Å². The maximum atomic E-state index is 11.9. The molecule has 5 heteroatoms. The zero-order valence-corrected chi connectivity index (χ0v) is 8.84. The molecule has 1 rings (SSSR count). The molecule has 1 heterocycles. The van der Waals surface area contributed by atoms with E-state index in [0.29, 0.717) is 5.56 Å². The molecular formula is C11H12F3NO. The lowest BCUT2D eigenvalue weighted by atomic mass is 10.1. The molecule has 0 aliphatic heterocycles. The van der Waals surface area contributed by atoms with Crippen molar-refractivity contribution in [1.29, 1.82) is 0 Å². The van der Waals surface area contributed by atoms with Crippen molar-refractivity contribution in [2.75, 3.05) is 0 Å². The summed E-state index contributed by atoms with van der Waals surface area (Å²) in [7, 11) is 0. The Morgan fingerprint density at radius 2 is 2.12 bits per heavy atom. The number of Topliss-reactive ketones (excluding diaryl/α,β-unsaturated/α-hetero) is 1. The van der Waals surface area contributed by atoms with E-state index in [0.717, 1.165) is 0 Å². The first-order valence-electron chi connectivity index (χ1n) is 4.92. The predicted octanol–water partition coefficient (Wildman–Crippen LogP) is 3.31. The fraction of sp³-hybridized carbons (Fsp3) is 0.455. The van der Waals surface area contributed by atoms with E-state index in [1.54, 1.807) is 19.1 Å². The Bertz CT molecular complexity index is 374. The summed E-state index contributed by atoms with van der Waals surface area (Å²) in [5, 5.41) is 0. The SMILES string of the molecule is Cc1cccnc1C(=O)CCCC(F)(F)F. The summed E-state index contributed by atoms with van der Waals surface area (Å²) in [6, 6.07) is 3.39. The molecule has 0 amide bonds. The molecule has 1 aromatic rings. The van der Waals surface area contributed by atoms with Crippen molar-refractivity contribution in [3.05, 3.63) is 29.6 Å². The molecule has 1 aromatic heterocycles. The number of hydrogen-bond acceptors (Lipinski definition) is 2. The Kier molecular flexibility index (Phi) is 4.04. The van der Waals surface area contributed by atoms with Gasteiger partial charge < -0.3 is 0 Å². The van der Waals surface area contributed by atoms with Crippen LogP contribution < -0.4 is 0 Å². The fourth-order valence-electron chi connectivity index (χ4n) is 1.35. The summed E-state index contributed by atoms with van der Waals surface area (Å²) >= 11 is 0. The first-order valence-corrected chi connectivity index (χ1v) is 4.92. The van der Waals surface area contributed by atoms with Crippen molar-refractivity contribution in [1.82, 2.24) is 4.98 Å². The van der Waals surface area contributed by atoms with E-state index in [2.05, 4.69) is 4.98 Å². The third-order valence-electron chi connectivity index (χ3n) is 2.14. The normalized spacial score (nSPS) is 11.5. The highest BCUT2D eigenvalue weighted by Crippen LogP contribution is 2.22. The van der Waals surface area contributed by atoms with Gasteiger partial charge in [-0.2, -0.15) is 13.2 Å². The molecule has 0 unspecified atom stereocenters. The topological polar surface area (TPSA) is 30.0 Å². The largest absolute Gasteiger partial charge is 0.389 e. The van der Waals surface area contributed by atoms with Gasteiger partial charge in [0.25, 0.3) is 0 Å². The van der Waals surface area contributed by atoms with Crippen LogP contribution in [0.4, 0.5) is 13.2 Å². The Morgan fingerprint density at radius 1 is 1.44 bits per heavy atom. The number of carbonyl (C=O) groups is 1. The number of aryl methyl sites for hydroxylation is 1. The van der Waals surface area contributed by atoms with Gasteiger partial charge in [0.2, 0.25) is 0 Å². The van der Waals surface area contributed by atoms with Crippen molar-refractivity contribution in [2.24, 2.45) is 0 Å². The maximum Gasteiger partial charge on any atom is 0.389 e. The zero-order valence-electron chi connectivity index (χ0n) is 8.84. The van der Waals surface area contributed by atoms with Crippen LogP contribution in [0.2, 0.25) is 0 Å². The summed E-state index contributed by atoms with van der Waals surface area (Å²) in [5.74, 6) is -0.331. The van der Waals surface area contributed by atoms with Gasteiger partial charge in [0, 0.05) is 19.0 Å². The predicted molar refractivity (Wildman–Crippen MR) is 53.2 cm³/mol. The van der Waals surface area contributed by atoms with Gasteiger partial charge in [-0.15, -0.1) is 0 Å². The molecule has 0 radical (unpaired) electrons. The third kappa shape index (κ3) is 4.00. The molecule has 0 N–H and O–H groups in total. The second-order valence-electron chi connectivity index (χ2n) is 3.56. The van der Waals surface area contributed by atoms with Crippen molar-refractivity contribution < 1.29 is 18.0 Å². The lowest BCUT2D eigenvalue weighted by Gasteiger charge is -2.06. The van der Waals surface area contributed by atoms with E-state index < -0.39 is 12.6 Å². The van der Waals surface area contributed by atoms with Gasteiger partial charge in [-0.05, 0) is 25.0 Å². The minimum Gasteiger partial charge on any atom is -0.292 e. The second kappa shape index (κ2) is 5.09. The smallest absolute Gasteiger partial charge is 0.292 e.